The summed E-state index contributed by atoms with van der Waals surface area (Å²) in [4.78, 5) is 24.7. The Labute approximate surface area is 165 Å². The molecule has 0 fully saturated rings. The second kappa shape index (κ2) is 9.26. The molecule has 1 aliphatic heterocycles. The zero-order valence-corrected chi connectivity index (χ0v) is 16.3. The maximum absolute atomic E-state index is 12.7. The molecule has 2 aromatic rings. The summed E-state index contributed by atoms with van der Waals surface area (Å²) in [6, 6.07) is 13.0. The van der Waals surface area contributed by atoms with Gasteiger partial charge in [-0.25, -0.2) is 0 Å². The number of carbonyl (C=O) groups excluding carboxylic acids is 2. The molecular weight excluding hydrogens is 356 g/mol. The molecule has 0 spiro atoms. The van der Waals surface area contributed by atoms with E-state index < -0.39 is 5.92 Å². The van der Waals surface area contributed by atoms with E-state index in [1.54, 1.807) is 7.11 Å². The van der Waals surface area contributed by atoms with Crippen LogP contribution in [0.15, 0.2) is 42.5 Å². The van der Waals surface area contributed by atoms with Crippen LogP contribution >= 0.6 is 0 Å². The number of ether oxygens (including phenoxy) is 2. The van der Waals surface area contributed by atoms with Crippen LogP contribution in [0.25, 0.3) is 0 Å². The Morgan fingerprint density at radius 1 is 1.21 bits per heavy atom. The summed E-state index contributed by atoms with van der Waals surface area (Å²) >= 11 is 0. The summed E-state index contributed by atoms with van der Waals surface area (Å²) in [5.74, 6) is 0.552. The van der Waals surface area contributed by atoms with Gasteiger partial charge >= 0.3 is 0 Å². The number of para-hydroxylation sites is 1. The molecule has 0 saturated heterocycles. The first kappa shape index (κ1) is 19.7. The average molecular weight is 382 g/mol. The lowest BCUT2D eigenvalue weighted by Crippen LogP contribution is -2.34. The maximum Gasteiger partial charge on any atom is 0.228 e. The number of unbranched alkanes of at least 4 members (excludes halogenated alkanes) is 1. The van der Waals surface area contributed by atoms with Gasteiger partial charge in [-0.05, 0) is 35.7 Å². The zero-order chi connectivity index (χ0) is 19.9. The van der Waals surface area contributed by atoms with E-state index in [1.807, 2.05) is 42.5 Å². The Kier molecular flexibility index (Phi) is 6.53. The van der Waals surface area contributed by atoms with Crippen molar-refractivity contribution in [3.8, 4) is 11.5 Å². The number of hydrogen-bond donors (Lipinski definition) is 2. The van der Waals surface area contributed by atoms with Crippen LogP contribution in [0.2, 0.25) is 0 Å². The van der Waals surface area contributed by atoms with Crippen LogP contribution in [-0.4, -0.2) is 25.5 Å². The number of rotatable bonds is 8. The molecule has 2 amide bonds. The van der Waals surface area contributed by atoms with Gasteiger partial charge in [0.15, 0.2) is 11.5 Å². The third kappa shape index (κ3) is 4.63. The van der Waals surface area contributed by atoms with E-state index >= 15 is 0 Å². The van der Waals surface area contributed by atoms with Gasteiger partial charge in [-0.3, -0.25) is 9.59 Å². The molecule has 0 bridgehead atoms. The Balaban J connectivity index is 1.65. The minimum absolute atomic E-state index is 0.144. The van der Waals surface area contributed by atoms with Gasteiger partial charge in [0.2, 0.25) is 11.8 Å². The smallest absolute Gasteiger partial charge is 0.228 e. The third-order valence-electron chi connectivity index (χ3n) is 4.77. The zero-order valence-electron chi connectivity index (χ0n) is 16.3. The molecule has 0 radical (unpaired) electrons. The highest BCUT2D eigenvalue weighted by atomic mass is 16.5. The highest BCUT2D eigenvalue weighted by molar-refractivity contribution is 6.01. The van der Waals surface area contributed by atoms with Crippen LogP contribution in [0.1, 0.15) is 43.2 Å². The van der Waals surface area contributed by atoms with Gasteiger partial charge < -0.3 is 20.1 Å². The predicted octanol–water partition coefficient (Wildman–Crippen LogP) is 3.62. The van der Waals surface area contributed by atoms with E-state index in [2.05, 4.69) is 17.6 Å². The lowest BCUT2D eigenvalue weighted by molar-refractivity contribution is -0.126. The fourth-order valence-electron chi connectivity index (χ4n) is 3.23. The van der Waals surface area contributed by atoms with Gasteiger partial charge in [0, 0.05) is 18.7 Å². The minimum Gasteiger partial charge on any atom is -0.493 e. The van der Waals surface area contributed by atoms with Crippen LogP contribution in [0.3, 0.4) is 0 Å². The highest BCUT2D eigenvalue weighted by Gasteiger charge is 2.30. The van der Waals surface area contributed by atoms with Crippen molar-refractivity contribution < 1.29 is 19.1 Å². The molecule has 6 heteroatoms. The normalized spacial score (nSPS) is 15.4. The van der Waals surface area contributed by atoms with Gasteiger partial charge in [-0.1, -0.05) is 37.6 Å². The third-order valence-corrected chi connectivity index (χ3v) is 4.77. The number of hydrogen-bond acceptors (Lipinski definition) is 4. The summed E-state index contributed by atoms with van der Waals surface area (Å²) in [6.07, 6.45) is 2.20. The molecule has 1 heterocycles. The van der Waals surface area contributed by atoms with E-state index in [9.17, 15) is 9.59 Å². The Hall–Kier alpha value is -3.02. The van der Waals surface area contributed by atoms with Crippen molar-refractivity contribution in [3.63, 3.8) is 0 Å². The van der Waals surface area contributed by atoms with E-state index in [4.69, 9.17) is 9.47 Å². The van der Waals surface area contributed by atoms with Crippen LogP contribution < -0.4 is 20.1 Å². The molecule has 3 rings (SSSR count). The second-order valence-electron chi connectivity index (χ2n) is 6.80. The van der Waals surface area contributed by atoms with E-state index in [1.165, 1.54) is 0 Å². The fourth-order valence-corrected chi connectivity index (χ4v) is 3.23. The van der Waals surface area contributed by atoms with Crippen molar-refractivity contribution in [2.45, 2.75) is 38.6 Å². The van der Waals surface area contributed by atoms with Gasteiger partial charge in [0.1, 0.15) is 0 Å². The van der Waals surface area contributed by atoms with Crippen molar-refractivity contribution >= 4 is 17.5 Å². The molecular formula is C22H26N2O4. The molecule has 0 aliphatic carbocycles. The number of methoxy groups -OCH3 is 1. The number of anilines is 1. The summed E-state index contributed by atoms with van der Waals surface area (Å²) < 4.78 is 11.1. The molecule has 1 aliphatic rings. The van der Waals surface area contributed by atoms with Gasteiger partial charge in [0.25, 0.3) is 0 Å². The highest BCUT2D eigenvalue weighted by Crippen LogP contribution is 2.32. The molecule has 148 valence electrons. The second-order valence-corrected chi connectivity index (χ2v) is 6.80. The Morgan fingerprint density at radius 3 is 2.82 bits per heavy atom. The SMILES string of the molecule is CCCCOc1ccc(CNC(=O)C2CC(=O)Nc3ccccc32)cc1OC. The van der Waals surface area contributed by atoms with Gasteiger partial charge in [-0.15, -0.1) is 0 Å². The molecule has 28 heavy (non-hydrogen) atoms. The van der Waals surface area contributed by atoms with Gasteiger partial charge in [0.05, 0.1) is 19.6 Å². The van der Waals surface area contributed by atoms with Crippen molar-refractivity contribution in [3.05, 3.63) is 53.6 Å². The van der Waals surface area contributed by atoms with Crippen LogP contribution in [0, 0.1) is 0 Å². The Bertz CT molecular complexity index is 850. The predicted molar refractivity (Wildman–Crippen MR) is 108 cm³/mol. The summed E-state index contributed by atoms with van der Waals surface area (Å²) in [5, 5.41) is 5.75. The topological polar surface area (TPSA) is 76.7 Å². The number of benzene rings is 2. The molecule has 6 nitrogen and oxygen atoms in total. The number of fused-ring (bicyclic) bond motifs is 1. The van der Waals surface area contributed by atoms with Crippen molar-refractivity contribution in [1.29, 1.82) is 0 Å². The van der Waals surface area contributed by atoms with E-state index in [0.717, 1.165) is 24.0 Å². The first-order chi connectivity index (χ1) is 13.6. The summed E-state index contributed by atoms with van der Waals surface area (Å²) in [7, 11) is 1.60. The lowest BCUT2D eigenvalue weighted by atomic mass is 9.90. The number of carbonyl (C=O) groups is 2. The lowest BCUT2D eigenvalue weighted by Gasteiger charge is -2.24. The first-order valence-corrected chi connectivity index (χ1v) is 9.58. The fraction of sp³-hybridized carbons (Fsp3) is 0.364. The van der Waals surface area contributed by atoms with E-state index in [-0.39, 0.29) is 18.2 Å². The van der Waals surface area contributed by atoms with Crippen molar-refractivity contribution in [2.75, 3.05) is 19.0 Å². The number of nitrogens with one attached hydrogen (secondary N) is 2. The average Bonchev–Trinajstić information content (AvgIpc) is 2.72. The van der Waals surface area contributed by atoms with E-state index in [0.29, 0.717) is 30.3 Å². The molecule has 0 aromatic heterocycles. The molecule has 1 atom stereocenters. The Morgan fingerprint density at radius 2 is 2.04 bits per heavy atom. The monoisotopic (exact) mass is 382 g/mol. The summed E-state index contributed by atoms with van der Waals surface area (Å²) in [5.41, 5.74) is 2.45. The molecule has 2 N–H and O–H groups in total. The molecule has 1 unspecified atom stereocenters. The van der Waals surface area contributed by atoms with Crippen LogP contribution in [0.5, 0.6) is 11.5 Å². The summed E-state index contributed by atoms with van der Waals surface area (Å²) in [6.45, 7) is 3.11. The molecule has 2 aromatic carbocycles. The van der Waals surface area contributed by atoms with Crippen LogP contribution in [-0.2, 0) is 16.1 Å². The van der Waals surface area contributed by atoms with Crippen molar-refractivity contribution in [1.82, 2.24) is 5.32 Å². The molecule has 0 saturated carbocycles. The van der Waals surface area contributed by atoms with Gasteiger partial charge in [-0.2, -0.15) is 0 Å². The maximum atomic E-state index is 12.7. The quantitative estimate of drug-likeness (QED) is 0.684. The largest absolute Gasteiger partial charge is 0.493 e. The van der Waals surface area contributed by atoms with Crippen LogP contribution in [0.4, 0.5) is 5.69 Å². The minimum atomic E-state index is -0.483. The van der Waals surface area contributed by atoms with Crippen molar-refractivity contribution in [2.24, 2.45) is 0 Å². The number of amides is 2. The standard InChI is InChI=1S/C22H26N2O4/c1-3-4-11-28-19-10-9-15(12-20(19)27-2)14-23-22(26)17-13-21(25)24-18-8-6-5-7-16(17)18/h5-10,12,17H,3-4,11,13-14H2,1-2H3,(H,23,26)(H,24,25). The first-order valence-electron chi connectivity index (χ1n) is 9.58.